The van der Waals surface area contributed by atoms with Gasteiger partial charge in [0.05, 0.1) is 33.1 Å². The zero-order chi connectivity index (χ0) is 21.3. The third-order valence-corrected chi connectivity index (χ3v) is 4.07. The molecule has 0 aliphatic carbocycles. The number of rotatable bonds is 8. The highest BCUT2D eigenvalue weighted by molar-refractivity contribution is 5.92. The molecule has 0 spiro atoms. The van der Waals surface area contributed by atoms with Crippen molar-refractivity contribution in [3.8, 4) is 23.0 Å². The second-order valence-electron chi connectivity index (χ2n) is 5.95. The first-order valence-corrected chi connectivity index (χ1v) is 8.97. The molecule has 0 unspecified atom stereocenters. The molecule has 1 N–H and O–H groups in total. The van der Waals surface area contributed by atoms with E-state index in [1.54, 1.807) is 54.9 Å². The Morgan fingerprint density at radius 2 is 1.63 bits per heavy atom. The van der Waals surface area contributed by atoms with Crippen LogP contribution in [0.4, 0.5) is 5.82 Å². The Balaban J connectivity index is 1.72. The molecule has 8 nitrogen and oxygen atoms in total. The van der Waals surface area contributed by atoms with Crippen molar-refractivity contribution in [3.05, 3.63) is 71.9 Å². The number of hydrazone groups is 1. The SMILES string of the molecule is COc1ccc(C(=O)Oc2ccc(/C=N\Nc3ccccn3)cc2OC)cc1OC. The summed E-state index contributed by atoms with van der Waals surface area (Å²) in [4.78, 5) is 16.7. The number of anilines is 1. The molecule has 30 heavy (non-hydrogen) atoms. The van der Waals surface area contributed by atoms with E-state index in [-0.39, 0.29) is 5.75 Å². The van der Waals surface area contributed by atoms with Crippen molar-refractivity contribution >= 4 is 18.0 Å². The van der Waals surface area contributed by atoms with Crippen LogP contribution in [0, 0.1) is 0 Å². The second kappa shape index (κ2) is 9.92. The van der Waals surface area contributed by atoms with Crippen LogP contribution in [0.3, 0.4) is 0 Å². The number of hydrogen-bond donors (Lipinski definition) is 1. The number of carbonyl (C=O) groups excluding carboxylic acids is 1. The standard InChI is InChI=1S/C22H21N3O5/c1-27-17-10-8-16(13-20(17)29-3)22(26)30-18-9-7-15(12-19(18)28-2)14-24-25-21-6-4-5-11-23-21/h4-14H,1-3H3,(H,23,25)/b24-14-. The van der Waals surface area contributed by atoms with Gasteiger partial charge in [-0.1, -0.05) is 6.07 Å². The Bertz CT molecular complexity index is 1040. The minimum absolute atomic E-state index is 0.284. The lowest BCUT2D eigenvalue weighted by Gasteiger charge is -2.11. The van der Waals surface area contributed by atoms with Gasteiger partial charge in [0.2, 0.25) is 0 Å². The minimum Gasteiger partial charge on any atom is -0.493 e. The Labute approximate surface area is 174 Å². The van der Waals surface area contributed by atoms with Crippen LogP contribution in [-0.2, 0) is 0 Å². The number of nitrogens with one attached hydrogen (secondary N) is 1. The topological polar surface area (TPSA) is 91.3 Å². The van der Waals surface area contributed by atoms with E-state index in [2.05, 4.69) is 15.5 Å². The molecular weight excluding hydrogens is 386 g/mol. The van der Waals surface area contributed by atoms with Crippen LogP contribution < -0.4 is 24.4 Å². The van der Waals surface area contributed by atoms with Gasteiger partial charge in [0.25, 0.3) is 0 Å². The first-order chi connectivity index (χ1) is 14.6. The van der Waals surface area contributed by atoms with Gasteiger partial charge in [-0.15, -0.1) is 0 Å². The van der Waals surface area contributed by atoms with Crippen LogP contribution >= 0.6 is 0 Å². The first-order valence-electron chi connectivity index (χ1n) is 8.97. The van der Waals surface area contributed by atoms with Gasteiger partial charge in [0.1, 0.15) is 5.82 Å². The molecule has 0 aliphatic rings. The molecule has 0 radical (unpaired) electrons. The number of ether oxygens (including phenoxy) is 4. The Kier molecular flexibility index (Phi) is 6.83. The van der Waals surface area contributed by atoms with Crippen LogP contribution in [0.1, 0.15) is 15.9 Å². The number of esters is 1. The third-order valence-electron chi connectivity index (χ3n) is 4.07. The van der Waals surface area contributed by atoms with Gasteiger partial charge in [-0.05, 0) is 54.1 Å². The van der Waals surface area contributed by atoms with E-state index >= 15 is 0 Å². The Morgan fingerprint density at radius 3 is 2.33 bits per heavy atom. The van der Waals surface area contributed by atoms with E-state index in [9.17, 15) is 4.79 Å². The molecule has 0 saturated heterocycles. The van der Waals surface area contributed by atoms with Gasteiger partial charge in [0, 0.05) is 6.20 Å². The van der Waals surface area contributed by atoms with Crippen molar-refractivity contribution in [1.82, 2.24) is 4.98 Å². The fraction of sp³-hybridized carbons (Fsp3) is 0.136. The largest absolute Gasteiger partial charge is 0.493 e. The summed E-state index contributed by atoms with van der Waals surface area (Å²) in [5, 5.41) is 4.13. The van der Waals surface area contributed by atoms with Crippen LogP contribution in [0.2, 0.25) is 0 Å². The fourth-order valence-corrected chi connectivity index (χ4v) is 2.57. The number of hydrogen-bond acceptors (Lipinski definition) is 8. The maximum atomic E-state index is 12.5. The highest BCUT2D eigenvalue weighted by Crippen LogP contribution is 2.31. The highest BCUT2D eigenvalue weighted by Gasteiger charge is 2.15. The van der Waals surface area contributed by atoms with Crippen LogP contribution in [0.15, 0.2) is 65.9 Å². The first kappa shape index (κ1) is 20.7. The molecule has 0 atom stereocenters. The molecule has 0 aliphatic heterocycles. The molecule has 2 aromatic carbocycles. The molecule has 0 amide bonds. The molecule has 1 heterocycles. The second-order valence-corrected chi connectivity index (χ2v) is 5.95. The lowest BCUT2D eigenvalue weighted by molar-refractivity contribution is 0.0729. The maximum absolute atomic E-state index is 12.5. The molecule has 3 rings (SSSR count). The average Bonchev–Trinajstić information content (AvgIpc) is 2.80. The number of benzene rings is 2. The maximum Gasteiger partial charge on any atom is 0.343 e. The number of aromatic nitrogens is 1. The van der Waals surface area contributed by atoms with Gasteiger partial charge in [-0.2, -0.15) is 5.10 Å². The van der Waals surface area contributed by atoms with Crippen molar-refractivity contribution in [2.45, 2.75) is 0 Å². The van der Waals surface area contributed by atoms with Crippen molar-refractivity contribution in [1.29, 1.82) is 0 Å². The average molecular weight is 407 g/mol. The summed E-state index contributed by atoms with van der Waals surface area (Å²) in [5.41, 5.74) is 3.90. The van der Waals surface area contributed by atoms with E-state index in [4.69, 9.17) is 18.9 Å². The summed E-state index contributed by atoms with van der Waals surface area (Å²) in [6.07, 6.45) is 3.28. The van der Waals surface area contributed by atoms with E-state index in [0.717, 1.165) is 5.56 Å². The monoisotopic (exact) mass is 407 g/mol. The van der Waals surface area contributed by atoms with Crippen molar-refractivity contribution in [3.63, 3.8) is 0 Å². The van der Waals surface area contributed by atoms with Crippen LogP contribution in [-0.4, -0.2) is 38.5 Å². The molecule has 154 valence electrons. The quantitative estimate of drug-likeness (QED) is 0.263. The Hall–Kier alpha value is -4.07. The highest BCUT2D eigenvalue weighted by atomic mass is 16.6. The number of carbonyl (C=O) groups is 1. The molecule has 3 aromatic rings. The van der Waals surface area contributed by atoms with Gasteiger partial charge >= 0.3 is 5.97 Å². The van der Waals surface area contributed by atoms with Crippen LogP contribution in [0.5, 0.6) is 23.0 Å². The summed E-state index contributed by atoms with van der Waals surface area (Å²) in [6.45, 7) is 0. The molecule has 0 saturated carbocycles. The summed E-state index contributed by atoms with van der Waals surface area (Å²) in [6, 6.07) is 15.4. The van der Waals surface area contributed by atoms with Crippen molar-refractivity contribution in [2.24, 2.45) is 5.10 Å². The lowest BCUT2D eigenvalue weighted by Crippen LogP contribution is -2.10. The molecular formula is C22H21N3O5. The minimum atomic E-state index is -0.549. The number of pyridine rings is 1. The zero-order valence-electron chi connectivity index (χ0n) is 16.8. The summed E-state index contributed by atoms with van der Waals surface area (Å²) < 4.78 is 21.3. The van der Waals surface area contributed by atoms with Gasteiger partial charge in [0.15, 0.2) is 23.0 Å². The number of nitrogens with zero attached hydrogens (tertiary/aromatic N) is 2. The van der Waals surface area contributed by atoms with E-state index < -0.39 is 5.97 Å². The predicted molar refractivity (Wildman–Crippen MR) is 113 cm³/mol. The fourth-order valence-electron chi connectivity index (χ4n) is 2.57. The van der Waals surface area contributed by atoms with E-state index in [1.807, 2.05) is 12.1 Å². The van der Waals surface area contributed by atoms with Crippen molar-refractivity contribution in [2.75, 3.05) is 26.8 Å². The van der Waals surface area contributed by atoms with E-state index in [0.29, 0.717) is 28.6 Å². The van der Waals surface area contributed by atoms with Gasteiger partial charge < -0.3 is 18.9 Å². The zero-order valence-corrected chi connectivity index (χ0v) is 16.8. The molecule has 0 fully saturated rings. The summed E-state index contributed by atoms with van der Waals surface area (Å²) >= 11 is 0. The van der Waals surface area contributed by atoms with E-state index in [1.165, 1.54) is 21.3 Å². The van der Waals surface area contributed by atoms with Crippen LogP contribution in [0.25, 0.3) is 0 Å². The van der Waals surface area contributed by atoms with Gasteiger partial charge in [-0.3, -0.25) is 5.43 Å². The van der Waals surface area contributed by atoms with Gasteiger partial charge in [-0.25, -0.2) is 9.78 Å². The third kappa shape index (κ3) is 5.05. The molecule has 1 aromatic heterocycles. The molecule has 0 bridgehead atoms. The smallest absolute Gasteiger partial charge is 0.343 e. The normalized spacial score (nSPS) is 10.5. The summed E-state index contributed by atoms with van der Waals surface area (Å²) in [5.74, 6) is 1.71. The Morgan fingerprint density at radius 1 is 0.900 bits per heavy atom. The van der Waals surface area contributed by atoms with Crippen molar-refractivity contribution < 1.29 is 23.7 Å². The lowest BCUT2D eigenvalue weighted by atomic mass is 10.2. The summed E-state index contributed by atoms with van der Waals surface area (Å²) in [7, 11) is 4.52. The predicted octanol–water partition coefficient (Wildman–Crippen LogP) is 3.77. The molecule has 8 heteroatoms. The number of methoxy groups -OCH3 is 3.